The highest BCUT2D eigenvalue weighted by atomic mass is 16.5. The van der Waals surface area contributed by atoms with Crippen LogP contribution in [0.3, 0.4) is 0 Å². The lowest BCUT2D eigenvalue weighted by Gasteiger charge is -2.16. The van der Waals surface area contributed by atoms with E-state index in [-0.39, 0.29) is 24.1 Å². The average molecular weight is 226 g/mol. The summed E-state index contributed by atoms with van der Waals surface area (Å²) in [5.41, 5.74) is 0.244. The van der Waals surface area contributed by atoms with Crippen LogP contribution < -0.4 is 5.32 Å². The zero-order valence-corrected chi connectivity index (χ0v) is 9.86. The molecule has 1 aromatic heterocycles. The van der Waals surface area contributed by atoms with Gasteiger partial charge in [-0.05, 0) is 12.8 Å². The smallest absolute Gasteiger partial charge is 0.273 e. The molecule has 16 heavy (non-hydrogen) atoms. The molecule has 0 aromatic carbocycles. The van der Waals surface area contributed by atoms with Gasteiger partial charge in [-0.2, -0.15) is 0 Å². The fourth-order valence-corrected chi connectivity index (χ4v) is 1.23. The van der Waals surface area contributed by atoms with Crippen molar-refractivity contribution >= 4 is 5.91 Å². The van der Waals surface area contributed by atoms with Crippen LogP contribution in [0.5, 0.6) is 0 Å². The SMILES string of the molecule is CCC(C)C(O)CNC(=O)c1cc(C)on1. The highest BCUT2D eigenvalue weighted by molar-refractivity contribution is 5.92. The molecule has 0 aliphatic heterocycles. The normalized spacial score (nSPS) is 14.5. The fraction of sp³-hybridized carbons (Fsp3) is 0.636. The zero-order chi connectivity index (χ0) is 12.1. The second-order valence-electron chi connectivity index (χ2n) is 3.99. The minimum Gasteiger partial charge on any atom is -0.391 e. The van der Waals surface area contributed by atoms with E-state index in [1.807, 2.05) is 13.8 Å². The lowest BCUT2D eigenvalue weighted by atomic mass is 10.0. The van der Waals surface area contributed by atoms with Crippen molar-refractivity contribution in [3.8, 4) is 0 Å². The predicted molar refractivity (Wildman–Crippen MR) is 59.0 cm³/mol. The Balaban J connectivity index is 2.41. The zero-order valence-electron chi connectivity index (χ0n) is 9.86. The molecular weight excluding hydrogens is 208 g/mol. The van der Waals surface area contributed by atoms with Crippen LogP contribution in [0, 0.1) is 12.8 Å². The number of carbonyl (C=O) groups excluding carboxylic acids is 1. The van der Waals surface area contributed by atoms with Gasteiger partial charge >= 0.3 is 0 Å². The van der Waals surface area contributed by atoms with Gasteiger partial charge in [0.1, 0.15) is 5.76 Å². The van der Waals surface area contributed by atoms with Crippen LogP contribution >= 0.6 is 0 Å². The second-order valence-corrected chi connectivity index (χ2v) is 3.99. The van der Waals surface area contributed by atoms with Gasteiger partial charge in [0.25, 0.3) is 5.91 Å². The number of aromatic nitrogens is 1. The molecule has 5 heteroatoms. The Bertz CT molecular complexity index is 349. The van der Waals surface area contributed by atoms with Crippen molar-refractivity contribution in [1.29, 1.82) is 0 Å². The van der Waals surface area contributed by atoms with Crippen molar-refractivity contribution in [1.82, 2.24) is 10.5 Å². The summed E-state index contributed by atoms with van der Waals surface area (Å²) >= 11 is 0. The van der Waals surface area contributed by atoms with Gasteiger partial charge in [-0.1, -0.05) is 25.4 Å². The molecule has 1 aromatic rings. The molecule has 0 saturated heterocycles. The number of aliphatic hydroxyl groups is 1. The monoisotopic (exact) mass is 226 g/mol. The Kier molecular flexibility index (Phi) is 4.49. The van der Waals surface area contributed by atoms with Crippen LogP contribution in [-0.4, -0.2) is 28.8 Å². The highest BCUT2D eigenvalue weighted by Crippen LogP contribution is 2.06. The Morgan fingerprint density at radius 3 is 2.88 bits per heavy atom. The molecule has 0 aliphatic carbocycles. The minimum atomic E-state index is -0.526. The van der Waals surface area contributed by atoms with Crippen molar-refractivity contribution in [2.24, 2.45) is 5.92 Å². The first-order valence-corrected chi connectivity index (χ1v) is 5.44. The molecule has 0 fully saturated rings. The molecule has 2 N–H and O–H groups in total. The van der Waals surface area contributed by atoms with Crippen LogP contribution in [0.15, 0.2) is 10.6 Å². The predicted octanol–water partition coefficient (Wildman–Crippen LogP) is 1.12. The summed E-state index contributed by atoms with van der Waals surface area (Å²) in [7, 11) is 0. The summed E-state index contributed by atoms with van der Waals surface area (Å²) in [6.07, 6.45) is 0.349. The molecule has 0 saturated carbocycles. The Labute approximate surface area is 94.8 Å². The summed E-state index contributed by atoms with van der Waals surface area (Å²) in [5.74, 6) is 0.436. The van der Waals surface area contributed by atoms with E-state index in [2.05, 4.69) is 10.5 Å². The van der Waals surface area contributed by atoms with E-state index in [9.17, 15) is 9.90 Å². The largest absolute Gasteiger partial charge is 0.391 e. The molecule has 5 nitrogen and oxygen atoms in total. The maximum absolute atomic E-state index is 11.5. The third-order valence-corrected chi connectivity index (χ3v) is 2.63. The van der Waals surface area contributed by atoms with E-state index >= 15 is 0 Å². The first-order valence-electron chi connectivity index (χ1n) is 5.44. The summed E-state index contributed by atoms with van der Waals surface area (Å²) in [6.45, 7) is 5.89. The van der Waals surface area contributed by atoms with Crippen molar-refractivity contribution in [2.75, 3.05) is 6.54 Å². The highest BCUT2D eigenvalue weighted by Gasteiger charge is 2.15. The molecule has 1 rings (SSSR count). The molecule has 2 atom stereocenters. The number of hydrogen-bond acceptors (Lipinski definition) is 4. The summed E-state index contributed by atoms with van der Waals surface area (Å²) < 4.78 is 4.79. The van der Waals surface area contributed by atoms with Gasteiger partial charge in [-0.25, -0.2) is 0 Å². The molecular formula is C11H18N2O3. The third-order valence-electron chi connectivity index (χ3n) is 2.63. The maximum Gasteiger partial charge on any atom is 0.273 e. The van der Waals surface area contributed by atoms with E-state index in [4.69, 9.17) is 4.52 Å². The van der Waals surface area contributed by atoms with E-state index < -0.39 is 6.10 Å². The van der Waals surface area contributed by atoms with Gasteiger partial charge in [-0.3, -0.25) is 4.79 Å². The average Bonchev–Trinajstić information content (AvgIpc) is 2.71. The van der Waals surface area contributed by atoms with Gasteiger partial charge in [0.2, 0.25) is 0 Å². The van der Waals surface area contributed by atoms with Crippen molar-refractivity contribution < 1.29 is 14.4 Å². The topological polar surface area (TPSA) is 75.4 Å². The quantitative estimate of drug-likeness (QED) is 0.789. The number of rotatable bonds is 5. The number of aryl methyl sites for hydroxylation is 1. The summed E-state index contributed by atoms with van der Waals surface area (Å²) in [6, 6.07) is 1.56. The van der Waals surface area contributed by atoms with Gasteiger partial charge in [0.05, 0.1) is 6.10 Å². The molecule has 0 spiro atoms. The molecule has 0 radical (unpaired) electrons. The first-order chi connectivity index (χ1) is 7.54. The van der Waals surface area contributed by atoms with E-state index in [0.717, 1.165) is 6.42 Å². The van der Waals surface area contributed by atoms with Crippen LogP contribution in [0.1, 0.15) is 36.5 Å². The third kappa shape index (κ3) is 3.34. The van der Waals surface area contributed by atoms with Crippen LogP contribution in [0.2, 0.25) is 0 Å². The molecule has 0 bridgehead atoms. The number of nitrogens with zero attached hydrogens (tertiary/aromatic N) is 1. The number of aliphatic hydroxyl groups excluding tert-OH is 1. The van der Waals surface area contributed by atoms with Crippen LogP contribution in [0.4, 0.5) is 0 Å². The Hall–Kier alpha value is -1.36. The lowest BCUT2D eigenvalue weighted by Crippen LogP contribution is -2.35. The van der Waals surface area contributed by atoms with Gasteiger partial charge < -0.3 is 14.9 Å². The standard InChI is InChI=1S/C11H18N2O3/c1-4-7(2)10(14)6-12-11(15)9-5-8(3)16-13-9/h5,7,10,14H,4,6H2,1-3H3,(H,12,15). The van der Waals surface area contributed by atoms with E-state index in [1.54, 1.807) is 13.0 Å². The van der Waals surface area contributed by atoms with E-state index in [0.29, 0.717) is 5.76 Å². The number of hydrogen-bond donors (Lipinski definition) is 2. The van der Waals surface area contributed by atoms with Gasteiger partial charge in [-0.15, -0.1) is 0 Å². The number of amides is 1. The molecule has 0 aliphatic rings. The van der Waals surface area contributed by atoms with Crippen LogP contribution in [-0.2, 0) is 0 Å². The van der Waals surface area contributed by atoms with E-state index in [1.165, 1.54) is 0 Å². The maximum atomic E-state index is 11.5. The lowest BCUT2D eigenvalue weighted by molar-refractivity contribution is 0.0842. The summed E-state index contributed by atoms with van der Waals surface area (Å²) in [5, 5.41) is 15.9. The fourth-order valence-electron chi connectivity index (χ4n) is 1.23. The number of carbonyl (C=O) groups is 1. The number of nitrogens with one attached hydrogen (secondary N) is 1. The second kappa shape index (κ2) is 5.65. The van der Waals surface area contributed by atoms with Gasteiger partial charge in [0.15, 0.2) is 5.69 Å². The van der Waals surface area contributed by atoms with Crippen molar-refractivity contribution in [3.05, 3.63) is 17.5 Å². The van der Waals surface area contributed by atoms with Gasteiger partial charge in [0, 0.05) is 12.6 Å². The van der Waals surface area contributed by atoms with Crippen molar-refractivity contribution in [2.45, 2.75) is 33.3 Å². The Morgan fingerprint density at radius 2 is 2.38 bits per heavy atom. The van der Waals surface area contributed by atoms with Crippen LogP contribution in [0.25, 0.3) is 0 Å². The molecule has 90 valence electrons. The molecule has 1 heterocycles. The molecule has 1 amide bonds. The minimum absolute atomic E-state index is 0.166. The summed E-state index contributed by atoms with van der Waals surface area (Å²) in [4.78, 5) is 11.5. The Morgan fingerprint density at radius 1 is 1.69 bits per heavy atom. The van der Waals surface area contributed by atoms with Crippen molar-refractivity contribution in [3.63, 3.8) is 0 Å². The molecule has 2 unspecified atom stereocenters. The first kappa shape index (κ1) is 12.7.